The number of phosphoric ester groups is 1. The Kier molecular flexibility index (Phi) is 30.0. The molecule has 0 saturated heterocycles. The zero-order valence-corrected chi connectivity index (χ0v) is 29.1. The van der Waals surface area contributed by atoms with Crippen LogP contribution in [0.3, 0.4) is 0 Å². The standard InChI is InChI=1S/C34H64NO9P/c1-3-5-7-9-11-13-14-15-16-17-18-20-22-24-26-33(36)44-31(29-42-45(39,40)43-30-32(35)34(37)38)28-41-27-25-23-21-19-12-10-8-6-4-2/h9,11,14-15,31-32H,3-8,10,12-13,16-30,35H2,1-2H3,(H,37,38)(H,39,40)/b11-9-,15-14-. The molecule has 45 heavy (non-hydrogen) atoms. The Morgan fingerprint density at radius 3 is 1.87 bits per heavy atom. The van der Waals surface area contributed by atoms with Crippen molar-refractivity contribution in [3.8, 4) is 0 Å². The van der Waals surface area contributed by atoms with Crippen molar-refractivity contribution in [3.63, 3.8) is 0 Å². The summed E-state index contributed by atoms with van der Waals surface area (Å²) in [5.41, 5.74) is 5.32. The number of phosphoric acid groups is 1. The number of hydrogen-bond donors (Lipinski definition) is 3. The summed E-state index contributed by atoms with van der Waals surface area (Å²) in [6.45, 7) is 3.78. The fraction of sp³-hybridized carbons (Fsp3) is 0.824. The Bertz CT molecular complexity index is 821. The van der Waals surface area contributed by atoms with Gasteiger partial charge in [0.1, 0.15) is 12.1 Å². The third-order valence-electron chi connectivity index (χ3n) is 7.23. The second kappa shape index (κ2) is 31.1. The quantitative estimate of drug-likeness (QED) is 0.0270. The van der Waals surface area contributed by atoms with E-state index in [-0.39, 0.29) is 13.0 Å². The van der Waals surface area contributed by atoms with E-state index in [2.05, 4.69) is 42.7 Å². The first-order valence-electron chi connectivity index (χ1n) is 17.4. The Morgan fingerprint density at radius 1 is 0.711 bits per heavy atom. The summed E-state index contributed by atoms with van der Waals surface area (Å²) in [7, 11) is -4.60. The maximum atomic E-state index is 12.5. The van der Waals surface area contributed by atoms with Crippen molar-refractivity contribution in [2.24, 2.45) is 5.73 Å². The lowest BCUT2D eigenvalue weighted by molar-refractivity contribution is -0.154. The van der Waals surface area contributed by atoms with Gasteiger partial charge in [-0.05, 0) is 38.5 Å². The molecule has 0 saturated carbocycles. The fourth-order valence-electron chi connectivity index (χ4n) is 4.44. The number of hydrogen-bond acceptors (Lipinski definition) is 8. The van der Waals surface area contributed by atoms with E-state index in [1.165, 1.54) is 51.4 Å². The number of esters is 1. The van der Waals surface area contributed by atoms with Gasteiger partial charge in [0.2, 0.25) is 0 Å². The molecule has 0 aliphatic carbocycles. The van der Waals surface area contributed by atoms with Gasteiger partial charge in [0.05, 0.1) is 19.8 Å². The largest absolute Gasteiger partial charge is 0.480 e. The van der Waals surface area contributed by atoms with Crippen molar-refractivity contribution >= 4 is 19.8 Å². The highest BCUT2D eigenvalue weighted by molar-refractivity contribution is 7.47. The minimum atomic E-state index is -4.60. The van der Waals surface area contributed by atoms with Crippen molar-refractivity contribution in [1.29, 1.82) is 0 Å². The number of allylic oxidation sites excluding steroid dienone is 4. The molecule has 3 unspecified atom stereocenters. The summed E-state index contributed by atoms with van der Waals surface area (Å²) in [5.74, 6) is -1.79. The number of ether oxygens (including phenoxy) is 2. The van der Waals surface area contributed by atoms with E-state index < -0.39 is 45.1 Å². The normalized spacial score (nSPS) is 14.6. The first kappa shape index (κ1) is 43.5. The average Bonchev–Trinajstić information content (AvgIpc) is 3.01. The lowest BCUT2D eigenvalue weighted by Crippen LogP contribution is -2.34. The van der Waals surface area contributed by atoms with Gasteiger partial charge in [-0.3, -0.25) is 18.6 Å². The van der Waals surface area contributed by atoms with Crippen LogP contribution in [0, 0.1) is 0 Å². The first-order valence-corrected chi connectivity index (χ1v) is 18.9. The molecule has 264 valence electrons. The lowest BCUT2D eigenvalue weighted by Gasteiger charge is -2.20. The van der Waals surface area contributed by atoms with Crippen molar-refractivity contribution in [1.82, 2.24) is 0 Å². The van der Waals surface area contributed by atoms with Crippen LogP contribution >= 0.6 is 7.82 Å². The van der Waals surface area contributed by atoms with Gasteiger partial charge in [0.25, 0.3) is 0 Å². The first-order chi connectivity index (χ1) is 21.7. The molecular weight excluding hydrogens is 597 g/mol. The van der Waals surface area contributed by atoms with E-state index in [0.29, 0.717) is 13.0 Å². The number of carboxylic acid groups (broad SMARTS) is 1. The van der Waals surface area contributed by atoms with Crippen molar-refractivity contribution in [3.05, 3.63) is 24.3 Å². The predicted molar refractivity (Wildman–Crippen MR) is 180 cm³/mol. The second-order valence-electron chi connectivity index (χ2n) is 11.6. The van der Waals surface area contributed by atoms with Crippen LogP contribution in [0.4, 0.5) is 0 Å². The molecule has 10 nitrogen and oxygen atoms in total. The molecule has 0 aliphatic rings. The van der Waals surface area contributed by atoms with Gasteiger partial charge in [0.15, 0.2) is 0 Å². The van der Waals surface area contributed by atoms with Crippen molar-refractivity contribution < 1.29 is 42.7 Å². The number of aliphatic carboxylic acids is 1. The molecule has 0 bridgehead atoms. The molecule has 0 aliphatic heterocycles. The molecule has 0 rings (SSSR count). The van der Waals surface area contributed by atoms with Crippen LogP contribution in [-0.4, -0.2) is 60.5 Å². The zero-order chi connectivity index (χ0) is 33.4. The number of nitrogens with two attached hydrogens (primary N) is 1. The van der Waals surface area contributed by atoms with E-state index in [1.54, 1.807) is 0 Å². The van der Waals surface area contributed by atoms with Gasteiger partial charge < -0.3 is 25.2 Å². The van der Waals surface area contributed by atoms with E-state index in [0.717, 1.165) is 64.2 Å². The summed E-state index contributed by atoms with van der Waals surface area (Å²) in [6.07, 6.45) is 29.5. The highest BCUT2D eigenvalue weighted by Crippen LogP contribution is 2.43. The molecule has 0 spiro atoms. The molecule has 0 aromatic heterocycles. The molecule has 0 aromatic carbocycles. The highest BCUT2D eigenvalue weighted by atomic mass is 31.2. The summed E-state index contributed by atoms with van der Waals surface area (Å²) in [6, 6.07) is -1.47. The van der Waals surface area contributed by atoms with Crippen LogP contribution in [0.25, 0.3) is 0 Å². The summed E-state index contributed by atoms with van der Waals surface area (Å²) in [4.78, 5) is 33.2. The van der Waals surface area contributed by atoms with E-state index >= 15 is 0 Å². The summed E-state index contributed by atoms with van der Waals surface area (Å²) in [5, 5.41) is 8.83. The van der Waals surface area contributed by atoms with Crippen LogP contribution < -0.4 is 5.73 Å². The molecule has 0 fully saturated rings. The monoisotopic (exact) mass is 661 g/mol. The number of carbonyl (C=O) groups excluding carboxylic acids is 1. The minimum Gasteiger partial charge on any atom is -0.480 e. The number of rotatable bonds is 33. The van der Waals surface area contributed by atoms with E-state index in [1.807, 2.05) is 0 Å². The zero-order valence-electron chi connectivity index (χ0n) is 28.2. The molecular formula is C34H64NO9P. The molecule has 4 N–H and O–H groups in total. The van der Waals surface area contributed by atoms with Crippen LogP contribution in [0.5, 0.6) is 0 Å². The predicted octanol–water partition coefficient (Wildman–Crippen LogP) is 8.41. The van der Waals surface area contributed by atoms with E-state index in [4.69, 9.17) is 24.8 Å². The highest BCUT2D eigenvalue weighted by Gasteiger charge is 2.27. The Hall–Kier alpha value is -1.55. The summed E-state index contributed by atoms with van der Waals surface area (Å²) >= 11 is 0. The van der Waals surface area contributed by atoms with Crippen molar-refractivity contribution in [2.45, 2.75) is 154 Å². The van der Waals surface area contributed by atoms with Gasteiger partial charge in [-0.1, -0.05) is 122 Å². The molecule has 11 heteroatoms. The van der Waals surface area contributed by atoms with Gasteiger partial charge in [-0.25, -0.2) is 4.57 Å². The molecule has 3 atom stereocenters. The van der Waals surface area contributed by atoms with Gasteiger partial charge >= 0.3 is 19.8 Å². The average molecular weight is 662 g/mol. The number of unbranched alkanes of at least 4 members (excludes halogenated alkanes) is 15. The van der Waals surface area contributed by atoms with Crippen molar-refractivity contribution in [2.75, 3.05) is 26.4 Å². The lowest BCUT2D eigenvalue weighted by atomic mass is 10.1. The molecule has 0 heterocycles. The Balaban J connectivity index is 4.36. The van der Waals surface area contributed by atoms with E-state index in [9.17, 15) is 19.0 Å². The third kappa shape index (κ3) is 30.8. The topological polar surface area (TPSA) is 155 Å². The maximum absolute atomic E-state index is 12.5. The second-order valence-corrected chi connectivity index (χ2v) is 13.1. The number of carboxylic acids is 1. The Labute approximate surface area is 273 Å². The van der Waals surface area contributed by atoms with Crippen LogP contribution in [0.2, 0.25) is 0 Å². The van der Waals surface area contributed by atoms with Crippen LogP contribution in [-0.2, 0) is 32.7 Å². The van der Waals surface area contributed by atoms with Crippen LogP contribution in [0.15, 0.2) is 24.3 Å². The SMILES string of the molecule is CCCC/C=C\C/C=C\CCCCCCCC(=O)OC(COCCCCCCCCCCC)COP(=O)(O)OCC(N)C(=O)O. The molecule has 0 amide bonds. The molecule has 0 aromatic rings. The maximum Gasteiger partial charge on any atom is 0.472 e. The summed E-state index contributed by atoms with van der Waals surface area (Å²) < 4.78 is 33.0. The Morgan fingerprint density at radius 2 is 1.24 bits per heavy atom. The van der Waals surface area contributed by atoms with Crippen LogP contribution in [0.1, 0.15) is 142 Å². The van der Waals surface area contributed by atoms with Gasteiger partial charge in [0, 0.05) is 13.0 Å². The third-order valence-corrected chi connectivity index (χ3v) is 8.18. The van der Waals surface area contributed by atoms with Gasteiger partial charge in [-0.15, -0.1) is 0 Å². The number of carbonyl (C=O) groups is 2. The fourth-order valence-corrected chi connectivity index (χ4v) is 5.22. The minimum absolute atomic E-state index is 0.0133. The molecule has 0 radical (unpaired) electrons. The van der Waals surface area contributed by atoms with Gasteiger partial charge in [-0.2, -0.15) is 0 Å². The smallest absolute Gasteiger partial charge is 0.472 e.